The fraction of sp³-hybridized carbons (Fsp3) is 0.222. The van der Waals surface area contributed by atoms with Gasteiger partial charge in [-0.15, -0.1) is 0 Å². The number of carbonyl (C=O) groups excluding carboxylic acids is 1. The van der Waals surface area contributed by atoms with Gasteiger partial charge in [0.05, 0.1) is 15.8 Å². The van der Waals surface area contributed by atoms with Crippen LogP contribution in [0.3, 0.4) is 0 Å². The molecule has 0 spiro atoms. The lowest BCUT2D eigenvalue weighted by Gasteiger charge is -2.07. The van der Waals surface area contributed by atoms with E-state index in [1.54, 1.807) is 37.3 Å². The smallest absolute Gasteiger partial charge is 0.267 e. The lowest BCUT2D eigenvalue weighted by Crippen LogP contribution is -2.19. The van der Waals surface area contributed by atoms with E-state index in [2.05, 4.69) is 24.4 Å². The summed E-state index contributed by atoms with van der Waals surface area (Å²) < 4.78 is 0. The molecule has 23 heavy (non-hydrogen) atoms. The topological polar surface area (TPSA) is 41.5 Å². The minimum Gasteiger partial charge on any atom is -0.267 e. The van der Waals surface area contributed by atoms with Gasteiger partial charge in [-0.2, -0.15) is 5.10 Å². The molecule has 2 aromatic rings. The number of hydrogen-bond donors (Lipinski definition) is 1. The molecular weight excluding hydrogens is 331 g/mol. The first-order valence-corrected chi connectivity index (χ1v) is 8.04. The van der Waals surface area contributed by atoms with Crippen LogP contribution in [-0.4, -0.2) is 11.6 Å². The zero-order valence-electron chi connectivity index (χ0n) is 13.2. The zero-order chi connectivity index (χ0) is 17.0. The van der Waals surface area contributed by atoms with E-state index in [4.69, 9.17) is 23.2 Å². The molecule has 3 nitrogen and oxygen atoms in total. The highest BCUT2D eigenvalue weighted by Crippen LogP contribution is 2.22. The molecule has 0 aromatic heterocycles. The molecule has 0 radical (unpaired) electrons. The lowest BCUT2D eigenvalue weighted by molar-refractivity contribution is 0.0955. The Labute approximate surface area is 146 Å². The Kier molecular flexibility index (Phi) is 5.80. The van der Waals surface area contributed by atoms with Crippen molar-refractivity contribution in [1.29, 1.82) is 0 Å². The number of nitrogens with one attached hydrogen (secondary N) is 1. The van der Waals surface area contributed by atoms with Crippen molar-refractivity contribution in [3.05, 3.63) is 69.2 Å². The SMILES string of the molecule is CC(=NNC(=O)c1ccc(C(C)C)cc1)c1ccc(Cl)c(Cl)c1. The molecule has 0 heterocycles. The molecule has 0 bridgehead atoms. The Balaban J connectivity index is 2.08. The maximum Gasteiger partial charge on any atom is 0.271 e. The summed E-state index contributed by atoms with van der Waals surface area (Å²) >= 11 is 11.9. The molecule has 2 rings (SSSR count). The molecule has 0 aliphatic heterocycles. The van der Waals surface area contributed by atoms with Crippen LogP contribution < -0.4 is 5.43 Å². The molecule has 1 amide bonds. The van der Waals surface area contributed by atoms with E-state index in [-0.39, 0.29) is 5.91 Å². The number of nitrogens with zero attached hydrogens (tertiary/aromatic N) is 1. The second-order valence-electron chi connectivity index (χ2n) is 5.54. The van der Waals surface area contributed by atoms with Gasteiger partial charge in [0, 0.05) is 5.56 Å². The van der Waals surface area contributed by atoms with Crippen molar-refractivity contribution in [3.63, 3.8) is 0 Å². The van der Waals surface area contributed by atoms with Gasteiger partial charge in [0.2, 0.25) is 0 Å². The molecule has 5 heteroatoms. The van der Waals surface area contributed by atoms with E-state index in [1.165, 1.54) is 5.56 Å². The average molecular weight is 349 g/mol. The van der Waals surface area contributed by atoms with Crippen molar-refractivity contribution in [3.8, 4) is 0 Å². The highest BCUT2D eigenvalue weighted by Gasteiger charge is 2.07. The van der Waals surface area contributed by atoms with Crippen LogP contribution >= 0.6 is 23.2 Å². The van der Waals surface area contributed by atoms with Gasteiger partial charge in [-0.05, 0) is 48.2 Å². The van der Waals surface area contributed by atoms with Gasteiger partial charge >= 0.3 is 0 Å². The van der Waals surface area contributed by atoms with Crippen molar-refractivity contribution in [2.24, 2.45) is 5.10 Å². The number of carbonyl (C=O) groups is 1. The number of benzene rings is 2. The van der Waals surface area contributed by atoms with E-state index in [0.717, 1.165) is 5.56 Å². The summed E-state index contributed by atoms with van der Waals surface area (Å²) in [4.78, 5) is 12.1. The Morgan fingerprint density at radius 2 is 1.61 bits per heavy atom. The van der Waals surface area contributed by atoms with Crippen molar-refractivity contribution in [2.45, 2.75) is 26.7 Å². The van der Waals surface area contributed by atoms with Crippen LogP contribution in [0.25, 0.3) is 0 Å². The maximum atomic E-state index is 12.1. The summed E-state index contributed by atoms with van der Waals surface area (Å²) in [6.45, 7) is 6.02. The fourth-order valence-electron chi connectivity index (χ4n) is 2.00. The Morgan fingerprint density at radius 1 is 1.00 bits per heavy atom. The molecule has 0 saturated heterocycles. The summed E-state index contributed by atoms with van der Waals surface area (Å²) in [7, 11) is 0. The van der Waals surface area contributed by atoms with Crippen LogP contribution in [0.5, 0.6) is 0 Å². The number of amides is 1. The summed E-state index contributed by atoms with van der Waals surface area (Å²) in [5.74, 6) is 0.182. The van der Waals surface area contributed by atoms with Crippen molar-refractivity contribution in [2.75, 3.05) is 0 Å². The van der Waals surface area contributed by atoms with E-state index in [0.29, 0.717) is 27.2 Å². The fourth-order valence-corrected chi connectivity index (χ4v) is 2.30. The van der Waals surface area contributed by atoms with Gasteiger partial charge in [0.1, 0.15) is 0 Å². The zero-order valence-corrected chi connectivity index (χ0v) is 14.7. The van der Waals surface area contributed by atoms with E-state index in [1.807, 2.05) is 12.1 Å². The molecule has 120 valence electrons. The monoisotopic (exact) mass is 348 g/mol. The number of hydrogen-bond acceptors (Lipinski definition) is 2. The van der Waals surface area contributed by atoms with Crippen LogP contribution in [0.4, 0.5) is 0 Å². The minimum atomic E-state index is -0.250. The Morgan fingerprint density at radius 3 is 2.17 bits per heavy atom. The van der Waals surface area contributed by atoms with Crippen LogP contribution in [0, 0.1) is 0 Å². The van der Waals surface area contributed by atoms with Crippen LogP contribution in [0.1, 0.15) is 48.2 Å². The number of halogens is 2. The molecule has 1 N–H and O–H groups in total. The predicted octanol–water partition coefficient (Wildman–Crippen LogP) is 5.27. The first kappa shape index (κ1) is 17.5. The molecule has 0 atom stereocenters. The van der Waals surface area contributed by atoms with Gasteiger partial charge in [-0.3, -0.25) is 4.79 Å². The summed E-state index contributed by atoms with van der Waals surface area (Å²) in [6, 6.07) is 12.7. The predicted molar refractivity (Wildman–Crippen MR) is 96.7 cm³/mol. The first-order chi connectivity index (χ1) is 10.9. The Bertz CT molecular complexity index is 737. The number of hydrazone groups is 1. The van der Waals surface area contributed by atoms with Gasteiger partial charge in [-0.25, -0.2) is 5.43 Å². The van der Waals surface area contributed by atoms with Crippen molar-refractivity contribution < 1.29 is 4.79 Å². The second-order valence-corrected chi connectivity index (χ2v) is 6.36. The second kappa shape index (κ2) is 7.62. The van der Waals surface area contributed by atoms with Crippen LogP contribution in [0.2, 0.25) is 10.0 Å². The lowest BCUT2D eigenvalue weighted by atomic mass is 10.0. The third-order valence-corrected chi connectivity index (χ3v) is 4.24. The van der Waals surface area contributed by atoms with E-state index < -0.39 is 0 Å². The van der Waals surface area contributed by atoms with Crippen molar-refractivity contribution in [1.82, 2.24) is 5.43 Å². The van der Waals surface area contributed by atoms with Gasteiger partial charge in [-0.1, -0.05) is 55.2 Å². The molecule has 0 aliphatic carbocycles. The van der Waals surface area contributed by atoms with Gasteiger partial charge < -0.3 is 0 Å². The molecule has 0 unspecified atom stereocenters. The van der Waals surface area contributed by atoms with Gasteiger partial charge in [0.15, 0.2) is 0 Å². The number of rotatable bonds is 4. The molecule has 2 aromatic carbocycles. The molecule has 0 fully saturated rings. The third kappa shape index (κ3) is 4.57. The normalized spacial score (nSPS) is 11.7. The Hall–Kier alpha value is -1.84. The van der Waals surface area contributed by atoms with Crippen LogP contribution in [0.15, 0.2) is 47.6 Å². The third-order valence-electron chi connectivity index (χ3n) is 3.50. The summed E-state index contributed by atoms with van der Waals surface area (Å²) in [5.41, 5.74) is 5.76. The minimum absolute atomic E-state index is 0.250. The first-order valence-electron chi connectivity index (χ1n) is 7.28. The van der Waals surface area contributed by atoms with E-state index in [9.17, 15) is 4.79 Å². The average Bonchev–Trinajstić information content (AvgIpc) is 2.54. The maximum absolute atomic E-state index is 12.1. The largest absolute Gasteiger partial charge is 0.271 e. The standard InChI is InChI=1S/C18H18Cl2N2O/c1-11(2)13-4-6-14(7-5-13)18(23)22-21-12(3)15-8-9-16(19)17(20)10-15/h4-11H,1-3H3,(H,22,23). The summed E-state index contributed by atoms with van der Waals surface area (Å²) in [5, 5.41) is 5.05. The van der Waals surface area contributed by atoms with E-state index >= 15 is 0 Å². The molecule has 0 aliphatic rings. The molecule has 0 saturated carbocycles. The van der Waals surface area contributed by atoms with Crippen molar-refractivity contribution >= 4 is 34.8 Å². The quantitative estimate of drug-likeness (QED) is 0.593. The summed E-state index contributed by atoms with van der Waals surface area (Å²) in [6.07, 6.45) is 0. The van der Waals surface area contributed by atoms with Crippen LogP contribution in [-0.2, 0) is 0 Å². The van der Waals surface area contributed by atoms with Gasteiger partial charge in [0.25, 0.3) is 5.91 Å². The molecular formula is C18H18Cl2N2O. The highest BCUT2D eigenvalue weighted by molar-refractivity contribution is 6.42. The highest BCUT2D eigenvalue weighted by atomic mass is 35.5.